The van der Waals surface area contributed by atoms with Crippen molar-refractivity contribution in [3.63, 3.8) is 0 Å². The number of hydrogen-bond acceptors (Lipinski definition) is 5. The molecule has 2 aliphatic heterocycles. The first-order valence-corrected chi connectivity index (χ1v) is 6.80. The van der Waals surface area contributed by atoms with E-state index in [9.17, 15) is 4.79 Å². The Hall–Kier alpha value is -2.56. The van der Waals surface area contributed by atoms with Crippen LogP contribution in [-0.4, -0.2) is 30.0 Å². The highest BCUT2D eigenvalue weighted by Gasteiger charge is 2.29. The molecule has 0 aromatic heterocycles. The Morgan fingerprint density at radius 3 is 2.81 bits per heavy atom. The number of carbonyl (C=O) groups is 1. The Labute approximate surface area is 123 Å². The van der Waals surface area contributed by atoms with Crippen molar-refractivity contribution in [3.8, 4) is 5.75 Å². The van der Waals surface area contributed by atoms with Crippen LogP contribution in [0.1, 0.15) is 12.5 Å². The van der Waals surface area contributed by atoms with E-state index >= 15 is 0 Å². The summed E-state index contributed by atoms with van der Waals surface area (Å²) in [6.45, 7) is 1.87. The number of benzene rings is 1. The third-order valence-electron chi connectivity index (χ3n) is 3.65. The first-order chi connectivity index (χ1) is 10.2. The molecule has 5 heteroatoms. The van der Waals surface area contributed by atoms with Crippen LogP contribution < -0.4 is 10.1 Å². The highest BCUT2D eigenvalue weighted by molar-refractivity contribution is 6.02. The molecule has 1 N–H and O–H groups in total. The third-order valence-corrected chi connectivity index (χ3v) is 3.65. The Kier molecular flexibility index (Phi) is 3.48. The summed E-state index contributed by atoms with van der Waals surface area (Å²) < 4.78 is 5.15. The Morgan fingerprint density at radius 2 is 2.14 bits per heavy atom. The zero-order valence-corrected chi connectivity index (χ0v) is 12.0. The van der Waals surface area contributed by atoms with Gasteiger partial charge in [-0.1, -0.05) is 12.1 Å². The van der Waals surface area contributed by atoms with Crippen LogP contribution in [0.15, 0.2) is 53.2 Å². The van der Waals surface area contributed by atoms with Crippen LogP contribution in [0.2, 0.25) is 0 Å². The summed E-state index contributed by atoms with van der Waals surface area (Å²) in [6.07, 6.45) is 5.48. The number of hydrogen-bond donors (Lipinski definition) is 1. The fourth-order valence-corrected chi connectivity index (χ4v) is 2.49. The van der Waals surface area contributed by atoms with Crippen molar-refractivity contribution >= 4 is 12.0 Å². The van der Waals surface area contributed by atoms with E-state index in [0.29, 0.717) is 0 Å². The normalized spacial score (nSPS) is 20.0. The number of allylic oxidation sites excluding steroid dienone is 1. The van der Waals surface area contributed by atoms with Crippen molar-refractivity contribution in [3.05, 3.63) is 53.7 Å². The number of aldehydes is 1. The van der Waals surface area contributed by atoms with Gasteiger partial charge in [0.2, 0.25) is 0 Å². The molecule has 0 spiro atoms. The van der Waals surface area contributed by atoms with Crippen molar-refractivity contribution in [2.45, 2.75) is 19.4 Å². The van der Waals surface area contributed by atoms with E-state index in [1.165, 1.54) is 5.56 Å². The lowest BCUT2D eigenvalue weighted by Crippen LogP contribution is -2.34. The standard InChI is InChI=1S/C16H17N3O2/c1-11-15(10-20)19-9-13(17-8-16(19)18-11)7-12-3-5-14(21-2)6-4-12/h3-6,8-10,15,17H,7H2,1-2H3. The average molecular weight is 283 g/mol. The number of nitrogens with one attached hydrogen (secondary N) is 1. The molecular formula is C16H17N3O2. The Bertz CT molecular complexity index is 644. The zero-order valence-electron chi connectivity index (χ0n) is 12.0. The maximum Gasteiger partial charge on any atom is 0.149 e. The van der Waals surface area contributed by atoms with Crippen LogP contribution in [0.25, 0.3) is 0 Å². The molecule has 3 rings (SSSR count). The summed E-state index contributed by atoms with van der Waals surface area (Å²) in [5, 5.41) is 3.24. The summed E-state index contributed by atoms with van der Waals surface area (Å²) >= 11 is 0. The lowest BCUT2D eigenvalue weighted by atomic mass is 10.1. The SMILES string of the molecule is COc1ccc(CC2=CN3C(=CN2)N=C(C)C3C=O)cc1. The number of carbonyl (C=O) groups excluding carboxylic acids is 1. The van der Waals surface area contributed by atoms with Gasteiger partial charge in [0.25, 0.3) is 0 Å². The van der Waals surface area contributed by atoms with E-state index in [0.717, 1.165) is 35.7 Å². The summed E-state index contributed by atoms with van der Waals surface area (Å²) in [4.78, 5) is 17.5. The van der Waals surface area contributed by atoms with Crippen LogP contribution in [-0.2, 0) is 11.2 Å². The predicted molar refractivity (Wildman–Crippen MR) is 80.8 cm³/mol. The molecule has 0 saturated heterocycles. The fraction of sp³-hybridized carbons (Fsp3) is 0.250. The van der Waals surface area contributed by atoms with Gasteiger partial charge in [-0.05, 0) is 24.6 Å². The van der Waals surface area contributed by atoms with Crippen molar-refractivity contribution in [2.24, 2.45) is 4.99 Å². The summed E-state index contributed by atoms with van der Waals surface area (Å²) in [5.41, 5.74) is 3.02. The lowest BCUT2D eigenvalue weighted by Gasteiger charge is -2.25. The smallest absolute Gasteiger partial charge is 0.149 e. The molecule has 21 heavy (non-hydrogen) atoms. The van der Waals surface area contributed by atoms with Gasteiger partial charge in [-0.3, -0.25) is 0 Å². The van der Waals surface area contributed by atoms with Crippen LogP contribution in [0.4, 0.5) is 0 Å². The van der Waals surface area contributed by atoms with E-state index in [1.807, 2.05) is 48.5 Å². The predicted octanol–water partition coefficient (Wildman–Crippen LogP) is 1.83. The molecular weight excluding hydrogens is 266 g/mol. The van der Waals surface area contributed by atoms with E-state index in [4.69, 9.17) is 4.74 Å². The van der Waals surface area contributed by atoms with E-state index < -0.39 is 0 Å². The Balaban J connectivity index is 1.76. The first kappa shape index (κ1) is 13.4. The average Bonchev–Trinajstić information content (AvgIpc) is 2.82. The molecule has 108 valence electrons. The number of methoxy groups -OCH3 is 1. The number of fused-ring (bicyclic) bond motifs is 1. The molecule has 0 bridgehead atoms. The minimum Gasteiger partial charge on any atom is -0.497 e. The molecule has 0 amide bonds. The van der Waals surface area contributed by atoms with Crippen LogP contribution >= 0.6 is 0 Å². The van der Waals surface area contributed by atoms with Crippen molar-refractivity contribution in [2.75, 3.05) is 7.11 Å². The van der Waals surface area contributed by atoms with E-state index in [2.05, 4.69) is 10.3 Å². The van der Waals surface area contributed by atoms with Gasteiger partial charge in [0, 0.05) is 30.2 Å². The van der Waals surface area contributed by atoms with Gasteiger partial charge in [0.1, 0.15) is 23.9 Å². The molecule has 1 unspecified atom stereocenters. The minimum atomic E-state index is -0.288. The number of nitrogens with zero attached hydrogens (tertiary/aromatic N) is 2. The molecule has 2 aliphatic rings. The second-order valence-electron chi connectivity index (χ2n) is 5.07. The number of rotatable bonds is 4. The summed E-state index contributed by atoms with van der Waals surface area (Å²) in [5.74, 6) is 1.62. The minimum absolute atomic E-state index is 0.288. The molecule has 0 fully saturated rings. The van der Waals surface area contributed by atoms with Gasteiger partial charge in [-0.25, -0.2) is 4.99 Å². The number of ether oxygens (including phenoxy) is 1. The second-order valence-corrected chi connectivity index (χ2v) is 5.07. The van der Waals surface area contributed by atoms with Gasteiger partial charge >= 0.3 is 0 Å². The maximum atomic E-state index is 11.2. The molecule has 0 aliphatic carbocycles. The summed E-state index contributed by atoms with van der Waals surface area (Å²) in [6, 6.07) is 7.66. The molecule has 0 saturated carbocycles. The Morgan fingerprint density at radius 1 is 1.38 bits per heavy atom. The molecule has 5 nitrogen and oxygen atoms in total. The highest BCUT2D eigenvalue weighted by Crippen LogP contribution is 2.24. The van der Waals surface area contributed by atoms with E-state index in [-0.39, 0.29) is 6.04 Å². The largest absolute Gasteiger partial charge is 0.497 e. The van der Waals surface area contributed by atoms with Crippen LogP contribution in [0.3, 0.4) is 0 Å². The van der Waals surface area contributed by atoms with Gasteiger partial charge < -0.3 is 19.7 Å². The maximum absolute atomic E-state index is 11.2. The quantitative estimate of drug-likeness (QED) is 0.857. The van der Waals surface area contributed by atoms with Gasteiger partial charge in [-0.15, -0.1) is 0 Å². The van der Waals surface area contributed by atoms with Crippen molar-refractivity contribution in [1.82, 2.24) is 10.2 Å². The highest BCUT2D eigenvalue weighted by atomic mass is 16.5. The van der Waals surface area contributed by atoms with Gasteiger partial charge in [0.05, 0.1) is 7.11 Å². The van der Waals surface area contributed by atoms with Crippen molar-refractivity contribution in [1.29, 1.82) is 0 Å². The monoisotopic (exact) mass is 283 g/mol. The molecule has 1 aromatic carbocycles. The number of aliphatic imine (C=N–C) groups is 1. The molecule has 1 aromatic rings. The summed E-state index contributed by atoms with van der Waals surface area (Å²) in [7, 11) is 1.65. The second kappa shape index (κ2) is 5.44. The third kappa shape index (κ3) is 2.54. The van der Waals surface area contributed by atoms with Crippen LogP contribution in [0, 0.1) is 0 Å². The van der Waals surface area contributed by atoms with Gasteiger partial charge in [0.15, 0.2) is 0 Å². The van der Waals surface area contributed by atoms with Crippen LogP contribution in [0.5, 0.6) is 5.75 Å². The lowest BCUT2D eigenvalue weighted by molar-refractivity contribution is -0.109. The topological polar surface area (TPSA) is 53.9 Å². The molecule has 2 heterocycles. The van der Waals surface area contributed by atoms with Crippen molar-refractivity contribution < 1.29 is 9.53 Å². The van der Waals surface area contributed by atoms with E-state index in [1.54, 1.807) is 7.11 Å². The zero-order chi connectivity index (χ0) is 14.8. The fourth-order valence-electron chi connectivity index (χ4n) is 2.49. The molecule has 1 atom stereocenters. The molecule has 0 radical (unpaired) electrons. The van der Waals surface area contributed by atoms with Gasteiger partial charge in [-0.2, -0.15) is 0 Å². The first-order valence-electron chi connectivity index (χ1n) is 6.80.